The van der Waals surface area contributed by atoms with Gasteiger partial charge in [-0.25, -0.2) is 13.1 Å². The maximum Gasteiger partial charge on any atom is 0.306 e. The lowest BCUT2D eigenvalue weighted by Gasteiger charge is -2.12. The molecular formula is C11H13FN2O4S. The van der Waals surface area contributed by atoms with E-state index in [-0.39, 0.29) is 10.5 Å². The Morgan fingerprint density at radius 3 is 2.47 bits per heavy atom. The number of nitro groups is 1. The van der Waals surface area contributed by atoms with E-state index in [0.717, 1.165) is 12.1 Å². The number of sulfonamides is 1. The van der Waals surface area contributed by atoms with Gasteiger partial charge in [0.15, 0.2) is 0 Å². The van der Waals surface area contributed by atoms with E-state index in [0.29, 0.717) is 12.8 Å². The fourth-order valence-corrected chi connectivity index (χ4v) is 3.25. The van der Waals surface area contributed by atoms with Gasteiger partial charge in [0, 0.05) is 11.6 Å². The molecule has 1 aromatic carbocycles. The Hall–Kier alpha value is -1.54. The molecule has 0 aromatic heterocycles. The van der Waals surface area contributed by atoms with Crippen LogP contribution in [-0.4, -0.2) is 18.9 Å². The molecule has 0 heterocycles. The van der Waals surface area contributed by atoms with E-state index in [2.05, 4.69) is 4.72 Å². The summed E-state index contributed by atoms with van der Waals surface area (Å²) in [6.45, 7) is 3.04. The van der Waals surface area contributed by atoms with Crippen LogP contribution < -0.4 is 4.72 Å². The van der Waals surface area contributed by atoms with Gasteiger partial charge in [0.25, 0.3) is 0 Å². The topological polar surface area (TPSA) is 89.3 Å². The fraction of sp³-hybridized carbons (Fsp3) is 0.455. The monoisotopic (exact) mass is 288 g/mol. The lowest BCUT2D eigenvalue weighted by atomic mass is 10.2. The Kier molecular flexibility index (Phi) is 3.10. The second-order valence-corrected chi connectivity index (χ2v) is 6.68. The van der Waals surface area contributed by atoms with E-state index in [1.807, 2.05) is 0 Å². The van der Waals surface area contributed by atoms with Crippen LogP contribution in [0.4, 0.5) is 10.1 Å². The average molecular weight is 288 g/mol. The maximum atomic E-state index is 13.5. The van der Waals surface area contributed by atoms with E-state index >= 15 is 0 Å². The van der Waals surface area contributed by atoms with Gasteiger partial charge in [-0.15, -0.1) is 0 Å². The summed E-state index contributed by atoms with van der Waals surface area (Å²) in [5.74, 6) is -1.01. The molecule has 1 N–H and O–H groups in total. The Balaban J connectivity index is 2.48. The molecule has 0 bridgehead atoms. The van der Waals surface area contributed by atoms with Crippen LogP contribution in [0.15, 0.2) is 17.0 Å². The molecule has 1 fully saturated rings. The predicted octanol–water partition coefficient (Wildman–Crippen LogP) is 1.87. The van der Waals surface area contributed by atoms with Crippen molar-refractivity contribution in [3.05, 3.63) is 33.6 Å². The first-order valence-corrected chi connectivity index (χ1v) is 7.11. The highest BCUT2D eigenvalue weighted by molar-refractivity contribution is 7.89. The number of aryl methyl sites for hydroxylation is 1. The van der Waals surface area contributed by atoms with E-state index in [1.54, 1.807) is 6.92 Å². The van der Waals surface area contributed by atoms with Gasteiger partial charge < -0.3 is 0 Å². The Labute approximate surface area is 109 Å². The number of benzene rings is 1. The molecule has 1 aromatic rings. The highest BCUT2D eigenvalue weighted by atomic mass is 32.2. The van der Waals surface area contributed by atoms with Crippen molar-refractivity contribution in [2.75, 3.05) is 0 Å². The van der Waals surface area contributed by atoms with Gasteiger partial charge in [0.05, 0.1) is 9.82 Å². The number of halogens is 1. The summed E-state index contributed by atoms with van der Waals surface area (Å²) >= 11 is 0. The molecule has 0 amide bonds. The quantitative estimate of drug-likeness (QED) is 0.676. The molecule has 0 spiro atoms. The number of rotatable bonds is 4. The lowest BCUT2D eigenvalue weighted by Crippen LogP contribution is -2.34. The van der Waals surface area contributed by atoms with Crippen molar-refractivity contribution >= 4 is 15.7 Å². The minimum Gasteiger partial charge on any atom is -0.258 e. The van der Waals surface area contributed by atoms with Crippen LogP contribution in [0.25, 0.3) is 0 Å². The normalized spacial score (nSPS) is 17.2. The number of nitro benzene ring substituents is 1. The van der Waals surface area contributed by atoms with Crippen molar-refractivity contribution in [2.45, 2.75) is 37.1 Å². The van der Waals surface area contributed by atoms with Gasteiger partial charge in [0.2, 0.25) is 15.8 Å². The van der Waals surface area contributed by atoms with Gasteiger partial charge >= 0.3 is 5.69 Å². The van der Waals surface area contributed by atoms with Crippen molar-refractivity contribution < 1.29 is 17.7 Å². The Morgan fingerprint density at radius 2 is 2.00 bits per heavy atom. The third-order valence-electron chi connectivity index (χ3n) is 3.10. The number of hydrogen-bond acceptors (Lipinski definition) is 4. The molecule has 1 saturated carbocycles. The lowest BCUT2D eigenvalue weighted by molar-refractivity contribution is -0.387. The summed E-state index contributed by atoms with van der Waals surface area (Å²) in [5, 5.41) is 10.7. The molecular weight excluding hydrogens is 275 g/mol. The number of nitrogens with one attached hydrogen (secondary N) is 1. The van der Waals surface area contributed by atoms with Gasteiger partial charge in [-0.3, -0.25) is 10.1 Å². The molecule has 1 aliphatic rings. The molecule has 0 unspecified atom stereocenters. The highest BCUT2D eigenvalue weighted by Gasteiger charge is 2.41. The molecule has 104 valence electrons. The van der Waals surface area contributed by atoms with Crippen LogP contribution in [0.5, 0.6) is 0 Å². The molecule has 0 radical (unpaired) electrons. The van der Waals surface area contributed by atoms with Crippen LogP contribution in [0, 0.1) is 22.9 Å². The van der Waals surface area contributed by atoms with Gasteiger partial charge in [-0.2, -0.15) is 4.39 Å². The third-order valence-corrected chi connectivity index (χ3v) is 4.71. The minimum atomic E-state index is -3.87. The van der Waals surface area contributed by atoms with Crippen LogP contribution in [0.1, 0.15) is 25.3 Å². The van der Waals surface area contributed by atoms with Crippen LogP contribution in [-0.2, 0) is 10.0 Å². The molecule has 8 heteroatoms. The summed E-state index contributed by atoms with van der Waals surface area (Å²) in [7, 11) is -3.87. The van der Waals surface area contributed by atoms with E-state index in [1.165, 1.54) is 6.92 Å². The van der Waals surface area contributed by atoms with Crippen LogP contribution in [0.3, 0.4) is 0 Å². The average Bonchev–Trinajstić information content (AvgIpc) is 2.98. The molecule has 19 heavy (non-hydrogen) atoms. The number of nitrogens with zero attached hydrogens (tertiary/aromatic N) is 1. The molecule has 0 saturated heterocycles. The van der Waals surface area contributed by atoms with Gasteiger partial charge in [0.1, 0.15) is 0 Å². The first kappa shape index (κ1) is 13.9. The Bertz CT molecular complexity index is 653. The second kappa shape index (κ2) is 4.24. The standard InChI is InChI=1S/C11H13FN2O4S/c1-7-5-8(6-9(10(7)12)14(15)16)19(17,18)13-11(2)3-4-11/h5-6,13H,3-4H2,1-2H3. The summed E-state index contributed by atoms with van der Waals surface area (Å²) in [5.41, 5.74) is -1.40. The molecule has 2 rings (SSSR count). The van der Waals surface area contributed by atoms with Gasteiger partial charge in [-0.1, -0.05) is 0 Å². The predicted molar refractivity (Wildman–Crippen MR) is 65.8 cm³/mol. The summed E-state index contributed by atoms with van der Waals surface area (Å²) in [6.07, 6.45) is 1.43. The first-order chi connectivity index (χ1) is 8.65. The molecule has 0 aliphatic heterocycles. The summed E-state index contributed by atoms with van der Waals surface area (Å²) in [6, 6.07) is 1.84. The first-order valence-electron chi connectivity index (χ1n) is 5.63. The van der Waals surface area contributed by atoms with Crippen molar-refractivity contribution in [1.82, 2.24) is 4.72 Å². The summed E-state index contributed by atoms with van der Waals surface area (Å²) in [4.78, 5) is 9.48. The SMILES string of the molecule is Cc1cc(S(=O)(=O)NC2(C)CC2)cc([N+](=O)[O-])c1F. The molecule has 0 atom stereocenters. The molecule has 6 nitrogen and oxygen atoms in total. The third kappa shape index (κ3) is 2.74. The minimum absolute atomic E-state index is 0.0736. The van der Waals surface area contributed by atoms with E-state index in [4.69, 9.17) is 0 Å². The van der Waals surface area contributed by atoms with E-state index < -0.39 is 32.0 Å². The summed E-state index contributed by atoms with van der Waals surface area (Å²) < 4.78 is 40.1. The second-order valence-electron chi connectivity index (χ2n) is 5.00. The van der Waals surface area contributed by atoms with Crippen LogP contribution >= 0.6 is 0 Å². The maximum absolute atomic E-state index is 13.5. The fourth-order valence-electron chi connectivity index (χ4n) is 1.68. The Morgan fingerprint density at radius 1 is 1.42 bits per heavy atom. The van der Waals surface area contributed by atoms with Gasteiger partial charge in [-0.05, 0) is 38.3 Å². The zero-order valence-corrected chi connectivity index (χ0v) is 11.3. The molecule has 1 aliphatic carbocycles. The van der Waals surface area contributed by atoms with Crippen LogP contribution in [0.2, 0.25) is 0 Å². The highest BCUT2D eigenvalue weighted by Crippen LogP contribution is 2.36. The smallest absolute Gasteiger partial charge is 0.258 e. The zero-order chi connectivity index (χ0) is 14.4. The van der Waals surface area contributed by atoms with Crippen molar-refractivity contribution in [1.29, 1.82) is 0 Å². The van der Waals surface area contributed by atoms with Crippen molar-refractivity contribution in [3.8, 4) is 0 Å². The van der Waals surface area contributed by atoms with E-state index in [9.17, 15) is 22.9 Å². The van der Waals surface area contributed by atoms with Crippen molar-refractivity contribution in [2.24, 2.45) is 0 Å². The number of hydrogen-bond donors (Lipinski definition) is 1. The zero-order valence-electron chi connectivity index (χ0n) is 10.4. The van der Waals surface area contributed by atoms with Crippen molar-refractivity contribution in [3.63, 3.8) is 0 Å². The largest absolute Gasteiger partial charge is 0.306 e.